The maximum Gasteiger partial charge on any atom is 0.163 e. The van der Waals surface area contributed by atoms with Crippen molar-refractivity contribution >= 4 is 33.6 Å². The van der Waals surface area contributed by atoms with Gasteiger partial charge in [-0.3, -0.25) is 4.79 Å². The van der Waals surface area contributed by atoms with Crippen LogP contribution in [-0.4, -0.2) is 18.2 Å². The zero-order valence-corrected chi connectivity index (χ0v) is 8.15. The molecular formula is C7H7BrO2S. The highest BCUT2D eigenvalue weighted by molar-refractivity contribution is 9.09. The maximum absolute atomic E-state index is 10.4. The molecule has 0 aromatic carbocycles. The van der Waals surface area contributed by atoms with Crippen molar-refractivity contribution in [1.29, 1.82) is 0 Å². The molecule has 0 N–H and O–H groups in total. The Morgan fingerprint density at radius 1 is 1.73 bits per heavy atom. The van der Waals surface area contributed by atoms with E-state index >= 15 is 0 Å². The topological polar surface area (TPSA) is 26.3 Å². The molecule has 0 saturated heterocycles. The van der Waals surface area contributed by atoms with Crippen molar-refractivity contribution in [3.05, 3.63) is 16.3 Å². The van der Waals surface area contributed by atoms with E-state index in [1.807, 2.05) is 5.38 Å². The van der Waals surface area contributed by atoms with Crippen molar-refractivity contribution in [2.24, 2.45) is 0 Å². The van der Waals surface area contributed by atoms with Gasteiger partial charge < -0.3 is 4.74 Å². The summed E-state index contributed by atoms with van der Waals surface area (Å²) < 4.78 is 5.25. The molecule has 0 spiro atoms. The average molecular weight is 235 g/mol. The van der Waals surface area contributed by atoms with Crippen LogP contribution in [0.5, 0.6) is 5.75 Å². The lowest BCUT2D eigenvalue weighted by molar-refractivity contribution is 0.112. The van der Waals surface area contributed by atoms with Crippen LogP contribution in [0.2, 0.25) is 0 Å². The molecule has 0 unspecified atom stereocenters. The minimum absolute atomic E-state index is 0.595. The first-order valence-corrected chi connectivity index (χ1v) is 5.10. The quantitative estimate of drug-likeness (QED) is 0.591. The highest BCUT2D eigenvalue weighted by atomic mass is 79.9. The molecule has 1 rings (SSSR count). The minimum atomic E-state index is 0.595. The maximum atomic E-state index is 10.4. The molecule has 0 amide bonds. The van der Waals surface area contributed by atoms with Gasteiger partial charge in [0.2, 0.25) is 0 Å². The van der Waals surface area contributed by atoms with Crippen molar-refractivity contribution in [2.75, 3.05) is 11.9 Å². The fraction of sp³-hybridized carbons (Fsp3) is 0.286. The monoisotopic (exact) mass is 234 g/mol. The van der Waals surface area contributed by atoms with Crippen molar-refractivity contribution in [3.63, 3.8) is 0 Å². The third-order valence-corrected chi connectivity index (χ3v) is 2.25. The van der Waals surface area contributed by atoms with Gasteiger partial charge in [-0.25, -0.2) is 0 Å². The Morgan fingerprint density at radius 3 is 3.18 bits per heavy atom. The molecule has 1 aromatic heterocycles. The second-order valence-corrected chi connectivity index (χ2v) is 3.55. The lowest BCUT2D eigenvalue weighted by atomic mass is 10.4. The van der Waals surface area contributed by atoms with Gasteiger partial charge in [-0.05, 0) is 11.4 Å². The molecule has 0 bridgehead atoms. The summed E-state index contributed by atoms with van der Waals surface area (Å²) in [7, 11) is 0. The number of halogens is 1. The van der Waals surface area contributed by atoms with Crippen LogP contribution in [0.4, 0.5) is 0 Å². The van der Waals surface area contributed by atoms with Crippen LogP contribution < -0.4 is 4.74 Å². The Labute approximate surface area is 77.3 Å². The number of carbonyl (C=O) groups excluding carboxylic acids is 1. The fourth-order valence-electron chi connectivity index (χ4n) is 0.663. The first kappa shape index (κ1) is 8.74. The van der Waals surface area contributed by atoms with E-state index in [4.69, 9.17) is 4.74 Å². The first-order chi connectivity index (χ1) is 5.38. The molecule has 4 heteroatoms. The van der Waals surface area contributed by atoms with Gasteiger partial charge >= 0.3 is 0 Å². The molecule has 0 aliphatic carbocycles. The van der Waals surface area contributed by atoms with E-state index < -0.39 is 0 Å². The number of thiophene rings is 1. The zero-order chi connectivity index (χ0) is 8.10. The Balaban J connectivity index is 2.61. The molecule has 2 nitrogen and oxygen atoms in total. The standard InChI is InChI=1S/C7H7BrO2S/c8-2-3-10-6-1-4-11-7(6)5-9/h1,4-5H,2-3H2. The van der Waals surface area contributed by atoms with Crippen LogP contribution in [0.3, 0.4) is 0 Å². The van der Waals surface area contributed by atoms with E-state index in [0.29, 0.717) is 17.2 Å². The third kappa shape index (κ3) is 2.31. The first-order valence-electron chi connectivity index (χ1n) is 3.10. The smallest absolute Gasteiger partial charge is 0.163 e. The van der Waals surface area contributed by atoms with Crippen LogP contribution in [0, 0.1) is 0 Å². The highest BCUT2D eigenvalue weighted by Gasteiger charge is 2.02. The summed E-state index contributed by atoms with van der Waals surface area (Å²) in [6.07, 6.45) is 0.814. The number of rotatable bonds is 4. The van der Waals surface area contributed by atoms with Crippen molar-refractivity contribution in [1.82, 2.24) is 0 Å². The van der Waals surface area contributed by atoms with Crippen LogP contribution in [-0.2, 0) is 0 Å². The van der Waals surface area contributed by atoms with E-state index in [-0.39, 0.29) is 0 Å². The largest absolute Gasteiger partial charge is 0.491 e. The predicted molar refractivity (Wildman–Crippen MR) is 49.0 cm³/mol. The summed E-state index contributed by atoms with van der Waals surface area (Å²) in [6.45, 7) is 0.595. The van der Waals surface area contributed by atoms with Gasteiger partial charge in [0.05, 0.1) is 6.61 Å². The molecule has 0 radical (unpaired) electrons. The Hall–Kier alpha value is -0.350. The highest BCUT2D eigenvalue weighted by Crippen LogP contribution is 2.22. The molecule has 60 valence electrons. The van der Waals surface area contributed by atoms with Crippen molar-refractivity contribution in [2.45, 2.75) is 0 Å². The fourth-order valence-corrected chi connectivity index (χ4v) is 1.46. The number of hydrogen-bond donors (Lipinski definition) is 0. The van der Waals surface area contributed by atoms with Crippen LogP contribution in [0.25, 0.3) is 0 Å². The number of ether oxygens (including phenoxy) is 1. The van der Waals surface area contributed by atoms with Gasteiger partial charge in [-0.2, -0.15) is 0 Å². The van der Waals surface area contributed by atoms with Gasteiger partial charge in [-0.1, -0.05) is 15.9 Å². The minimum Gasteiger partial charge on any atom is -0.491 e. The van der Waals surface area contributed by atoms with E-state index in [9.17, 15) is 4.79 Å². The average Bonchev–Trinajstić information content (AvgIpc) is 2.47. The summed E-state index contributed by atoms with van der Waals surface area (Å²) >= 11 is 4.62. The third-order valence-electron chi connectivity index (χ3n) is 1.10. The lowest BCUT2D eigenvalue weighted by Crippen LogP contribution is -1.97. The molecule has 0 saturated carbocycles. The van der Waals surface area contributed by atoms with Gasteiger partial charge in [0.25, 0.3) is 0 Å². The second-order valence-electron chi connectivity index (χ2n) is 1.80. The molecule has 1 aromatic rings. The van der Waals surface area contributed by atoms with E-state index in [2.05, 4.69) is 15.9 Å². The molecule has 0 atom stereocenters. The lowest BCUT2D eigenvalue weighted by Gasteiger charge is -1.99. The molecular weight excluding hydrogens is 228 g/mol. The normalized spacial score (nSPS) is 9.55. The molecule has 0 fully saturated rings. The van der Waals surface area contributed by atoms with E-state index in [0.717, 1.165) is 11.6 Å². The van der Waals surface area contributed by atoms with Gasteiger partial charge in [0, 0.05) is 5.33 Å². The summed E-state index contributed by atoms with van der Waals surface area (Å²) in [5.74, 6) is 0.685. The van der Waals surface area contributed by atoms with Crippen molar-refractivity contribution < 1.29 is 9.53 Å². The van der Waals surface area contributed by atoms with Crippen LogP contribution in [0.15, 0.2) is 11.4 Å². The van der Waals surface area contributed by atoms with E-state index in [1.165, 1.54) is 11.3 Å². The summed E-state index contributed by atoms with van der Waals surface area (Å²) in [5, 5.41) is 2.62. The summed E-state index contributed by atoms with van der Waals surface area (Å²) in [5.41, 5.74) is 0. The number of hydrogen-bond acceptors (Lipinski definition) is 3. The Morgan fingerprint density at radius 2 is 2.55 bits per heavy atom. The zero-order valence-electron chi connectivity index (χ0n) is 5.75. The number of carbonyl (C=O) groups is 1. The van der Waals surface area contributed by atoms with Crippen LogP contribution >= 0.6 is 27.3 Å². The Kier molecular flexibility index (Phi) is 3.59. The second kappa shape index (κ2) is 4.51. The summed E-state index contributed by atoms with van der Waals surface area (Å²) in [6, 6.07) is 1.80. The summed E-state index contributed by atoms with van der Waals surface area (Å²) in [4.78, 5) is 11.0. The SMILES string of the molecule is O=Cc1sccc1OCCBr. The van der Waals surface area contributed by atoms with E-state index in [1.54, 1.807) is 6.07 Å². The molecule has 11 heavy (non-hydrogen) atoms. The number of aldehydes is 1. The van der Waals surface area contributed by atoms with Gasteiger partial charge in [0.1, 0.15) is 10.6 Å². The van der Waals surface area contributed by atoms with Crippen LogP contribution in [0.1, 0.15) is 9.67 Å². The Bertz CT molecular complexity index is 234. The molecule has 0 aliphatic rings. The van der Waals surface area contributed by atoms with Crippen molar-refractivity contribution in [3.8, 4) is 5.75 Å². The number of alkyl halides is 1. The molecule has 1 heterocycles. The van der Waals surface area contributed by atoms with Gasteiger partial charge in [0.15, 0.2) is 6.29 Å². The predicted octanol–water partition coefficient (Wildman–Crippen LogP) is 2.33. The molecule has 0 aliphatic heterocycles. The van der Waals surface area contributed by atoms with Gasteiger partial charge in [-0.15, -0.1) is 11.3 Å².